The Bertz CT molecular complexity index is 974. The van der Waals surface area contributed by atoms with E-state index in [2.05, 4.69) is 15.6 Å². The predicted octanol–water partition coefficient (Wildman–Crippen LogP) is 4.46. The van der Waals surface area contributed by atoms with Crippen LogP contribution in [0.4, 0.5) is 5.82 Å². The molecule has 6 heteroatoms. The van der Waals surface area contributed by atoms with Crippen molar-refractivity contribution in [2.75, 3.05) is 5.32 Å². The minimum absolute atomic E-state index is 0.0707. The van der Waals surface area contributed by atoms with Crippen molar-refractivity contribution in [3.63, 3.8) is 0 Å². The highest BCUT2D eigenvalue weighted by Crippen LogP contribution is 2.22. The van der Waals surface area contributed by atoms with E-state index in [1.165, 1.54) is 12.4 Å². The van der Waals surface area contributed by atoms with E-state index in [1.807, 2.05) is 66.7 Å². The van der Waals surface area contributed by atoms with Crippen LogP contribution in [0.3, 0.4) is 0 Å². The molecule has 2 N–H and O–H groups in total. The third kappa shape index (κ3) is 4.97. The highest BCUT2D eigenvalue weighted by Gasteiger charge is 2.19. The van der Waals surface area contributed by atoms with Crippen LogP contribution in [0, 0.1) is 11.3 Å². The summed E-state index contributed by atoms with van der Waals surface area (Å²) in [5.74, 6) is -0.0505. The first-order valence-electron chi connectivity index (χ1n) is 8.56. The highest BCUT2D eigenvalue weighted by molar-refractivity contribution is 6.30. The summed E-state index contributed by atoms with van der Waals surface area (Å²) in [5, 5.41) is 15.7. The standard InChI is InChI=1S/C22H17ClN4O/c23-19-11-12-25-20(13-19)26-15-18(14-24)22(28)27-21(16-7-3-1-4-8-16)17-9-5-2-6-10-17/h1-13,15,21H,(H,25,26)(H,27,28)/b18-15-. The molecule has 28 heavy (non-hydrogen) atoms. The molecule has 1 aromatic heterocycles. The topological polar surface area (TPSA) is 77.8 Å². The molecule has 3 rings (SSSR count). The molecular weight excluding hydrogens is 372 g/mol. The van der Waals surface area contributed by atoms with Crippen LogP contribution in [0.1, 0.15) is 17.2 Å². The SMILES string of the molecule is N#C/C(=C/Nc1cc(Cl)ccn1)C(=O)NC(c1ccccc1)c1ccccc1. The molecular formula is C22H17ClN4O. The van der Waals surface area contributed by atoms with Crippen molar-refractivity contribution in [2.24, 2.45) is 0 Å². The molecule has 0 saturated heterocycles. The molecule has 0 unspecified atom stereocenters. The molecule has 0 spiro atoms. The Morgan fingerprint density at radius 2 is 1.64 bits per heavy atom. The van der Waals surface area contributed by atoms with Crippen molar-refractivity contribution >= 4 is 23.3 Å². The number of aromatic nitrogens is 1. The van der Waals surface area contributed by atoms with E-state index in [0.29, 0.717) is 10.8 Å². The number of pyridine rings is 1. The van der Waals surface area contributed by atoms with Crippen molar-refractivity contribution in [2.45, 2.75) is 6.04 Å². The van der Waals surface area contributed by atoms with Gasteiger partial charge < -0.3 is 10.6 Å². The van der Waals surface area contributed by atoms with Gasteiger partial charge in [0, 0.05) is 17.4 Å². The molecule has 0 radical (unpaired) electrons. The summed E-state index contributed by atoms with van der Waals surface area (Å²) >= 11 is 5.92. The lowest BCUT2D eigenvalue weighted by atomic mass is 9.98. The smallest absolute Gasteiger partial charge is 0.264 e. The third-order valence-electron chi connectivity index (χ3n) is 3.99. The first kappa shape index (κ1) is 19.2. The van der Waals surface area contributed by atoms with Crippen molar-refractivity contribution in [1.82, 2.24) is 10.3 Å². The second kappa shape index (κ2) is 9.36. The molecule has 0 aliphatic carbocycles. The van der Waals surface area contributed by atoms with Crippen LogP contribution in [0.2, 0.25) is 5.02 Å². The van der Waals surface area contributed by atoms with E-state index in [-0.39, 0.29) is 11.6 Å². The summed E-state index contributed by atoms with van der Waals surface area (Å²) in [5.41, 5.74) is 1.77. The number of nitrogens with zero attached hydrogens (tertiary/aromatic N) is 2. The van der Waals surface area contributed by atoms with Gasteiger partial charge in [-0.1, -0.05) is 72.3 Å². The molecule has 0 bridgehead atoms. The summed E-state index contributed by atoms with van der Waals surface area (Å²) in [6.45, 7) is 0. The Morgan fingerprint density at radius 3 is 2.18 bits per heavy atom. The third-order valence-corrected chi connectivity index (χ3v) is 4.23. The molecule has 0 atom stereocenters. The van der Waals surface area contributed by atoms with E-state index < -0.39 is 5.91 Å². The van der Waals surface area contributed by atoms with E-state index in [0.717, 1.165) is 11.1 Å². The molecule has 1 amide bonds. The zero-order valence-corrected chi connectivity index (χ0v) is 15.6. The average Bonchev–Trinajstić information content (AvgIpc) is 2.74. The molecule has 0 saturated carbocycles. The Labute approximate surface area is 168 Å². The van der Waals surface area contributed by atoms with Crippen LogP contribution in [-0.2, 0) is 4.79 Å². The fourth-order valence-corrected chi connectivity index (χ4v) is 2.80. The fourth-order valence-electron chi connectivity index (χ4n) is 2.64. The summed E-state index contributed by atoms with van der Waals surface area (Å²) in [7, 11) is 0. The van der Waals surface area contributed by atoms with Gasteiger partial charge in [-0.25, -0.2) is 4.98 Å². The van der Waals surface area contributed by atoms with E-state index in [9.17, 15) is 10.1 Å². The van der Waals surface area contributed by atoms with Gasteiger partial charge in [0.05, 0.1) is 6.04 Å². The summed E-state index contributed by atoms with van der Waals surface area (Å²) in [6, 6.07) is 24.0. The van der Waals surface area contributed by atoms with Gasteiger partial charge in [0.25, 0.3) is 5.91 Å². The fraction of sp³-hybridized carbons (Fsp3) is 0.0455. The largest absolute Gasteiger partial charge is 0.345 e. The number of halogens is 1. The Hall–Kier alpha value is -3.62. The van der Waals surface area contributed by atoms with Crippen molar-refractivity contribution in [3.8, 4) is 6.07 Å². The number of benzene rings is 2. The van der Waals surface area contributed by atoms with Gasteiger partial charge in [-0.3, -0.25) is 4.79 Å². The van der Waals surface area contributed by atoms with Gasteiger partial charge in [-0.2, -0.15) is 5.26 Å². The molecule has 138 valence electrons. The number of carbonyl (C=O) groups excluding carboxylic acids is 1. The molecule has 3 aromatic rings. The van der Waals surface area contributed by atoms with Gasteiger partial charge in [-0.05, 0) is 23.3 Å². The van der Waals surface area contributed by atoms with Gasteiger partial charge in [0.1, 0.15) is 17.5 Å². The van der Waals surface area contributed by atoms with Crippen LogP contribution >= 0.6 is 11.6 Å². The number of rotatable bonds is 6. The van der Waals surface area contributed by atoms with Crippen LogP contribution in [0.15, 0.2) is 90.8 Å². The monoisotopic (exact) mass is 388 g/mol. The number of hydrogen-bond donors (Lipinski definition) is 2. The van der Waals surface area contributed by atoms with E-state index >= 15 is 0 Å². The van der Waals surface area contributed by atoms with Crippen LogP contribution in [0.25, 0.3) is 0 Å². The van der Waals surface area contributed by atoms with Crippen molar-refractivity contribution in [3.05, 3.63) is 107 Å². The molecule has 2 aromatic carbocycles. The van der Waals surface area contributed by atoms with Gasteiger partial charge in [0.2, 0.25) is 0 Å². The molecule has 0 aliphatic heterocycles. The number of carbonyl (C=O) groups is 1. The highest BCUT2D eigenvalue weighted by atomic mass is 35.5. The zero-order chi connectivity index (χ0) is 19.8. The van der Waals surface area contributed by atoms with Gasteiger partial charge >= 0.3 is 0 Å². The van der Waals surface area contributed by atoms with Crippen LogP contribution in [-0.4, -0.2) is 10.9 Å². The predicted molar refractivity (Wildman–Crippen MR) is 109 cm³/mol. The molecule has 0 aliphatic rings. The maximum atomic E-state index is 12.7. The van der Waals surface area contributed by atoms with Crippen LogP contribution in [0.5, 0.6) is 0 Å². The Balaban J connectivity index is 1.82. The quantitative estimate of drug-likeness (QED) is 0.482. The normalized spacial score (nSPS) is 11.0. The number of nitrogens with one attached hydrogen (secondary N) is 2. The van der Waals surface area contributed by atoms with E-state index in [1.54, 1.807) is 12.1 Å². The van der Waals surface area contributed by atoms with E-state index in [4.69, 9.17) is 11.6 Å². The first-order valence-corrected chi connectivity index (χ1v) is 8.94. The van der Waals surface area contributed by atoms with Gasteiger partial charge in [0.15, 0.2) is 0 Å². The average molecular weight is 389 g/mol. The van der Waals surface area contributed by atoms with Gasteiger partial charge in [-0.15, -0.1) is 0 Å². The lowest BCUT2D eigenvalue weighted by Crippen LogP contribution is -2.30. The maximum absolute atomic E-state index is 12.7. The maximum Gasteiger partial charge on any atom is 0.264 e. The minimum atomic E-state index is -0.491. The number of amides is 1. The second-order valence-corrected chi connectivity index (χ2v) is 6.34. The molecule has 5 nitrogen and oxygen atoms in total. The lowest BCUT2D eigenvalue weighted by Gasteiger charge is -2.19. The Morgan fingerprint density at radius 1 is 1.04 bits per heavy atom. The number of hydrogen-bond acceptors (Lipinski definition) is 4. The van der Waals surface area contributed by atoms with Crippen LogP contribution < -0.4 is 10.6 Å². The zero-order valence-electron chi connectivity index (χ0n) is 14.8. The van der Waals surface area contributed by atoms with Crippen molar-refractivity contribution < 1.29 is 4.79 Å². The van der Waals surface area contributed by atoms with Crippen molar-refractivity contribution in [1.29, 1.82) is 5.26 Å². The summed E-state index contributed by atoms with van der Waals surface area (Å²) in [6.07, 6.45) is 2.85. The molecule has 0 fully saturated rings. The number of anilines is 1. The summed E-state index contributed by atoms with van der Waals surface area (Å²) < 4.78 is 0. The first-order chi connectivity index (χ1) is 13.7. The Kier molecular flexibility index (Phi) is 6.40. The molecule has 1 heterocycles. The summed E-state index contributed by atoms with van der Waals surface area (Å²) in [4.78, 5) is 16.8. The number of nitriles is 1. The second-order valence-electron chi connectivity index (χ2n) is 5.90. The minimum Gasteiger partial charge on any atom is -0.345 e. The lowest BCUT2D eigenvalue weighted by molar-refractivity contribution is -0.117.